The van der Waals surface area contributed by atoms with Crippen molar-refractivity contribution in [1.29, 1.82) is 0 Å². The maximum atomic E-state index is 10.8. The van der Waals surface area contributed by atoms with Crippen molar-refractivity contribution in [1.82, 2.24) is 9.97 Å². The van der Waals surface area contributed by atoms with Crippen molar-refractivity contribution in [3.63, 3.8) is 0 Å². The summed E-state index contributed by atoms with van der Waals surface area (Å²) >= 11 is 0. The second-order valence-electron chi connectivity index (χ2n) is 6.12. The number of nitrogens with zero attached hydrogens (tertiary/aromatic N) is 3. The molecule has 0 atom stereocenters. The Bertz CT molecular complexity index is 736. The summed E-state index contributed by atoms with van der Waals surface area (Å²) in [5, 5.41) is 14.1. The van der Waals surface area contributed by atoms with Gasteiger partial charge in [0.25, 0.3) is 5.69 Å². The molecule has 0 saturated heterocycles. The molecule has 0 amide bonds. The van der Waals surface area contributed by atoms with Crippen LogP contribution in [-0.2, 0) is 4.74 Å². The third-order valence-electron chi connectivity index (χ3n) is 4.48. The standard InChI is InChI=1S/C17H20N4O3/c1-12-10-15(18-11-17(24-2)8-3-9-17)20-16(19-12)13-4-6-14(7-5-13)21(22)23/h4-7,10H,3,8-9,11H2,1-2H3,(H,18,19,20). The quantitative estimate of drug-likeness (QED) is 0.646. The van der Waals surface area contributed by atoms with Crippen molar-refractivity contribution in [3.05, 3.63) is 46.1 Å². The first-order chi connectivity index (χ1) is 11.5. The van der Waals surface area contributed by atoms with Crippen LogP contribution in [0.25, 0.3) is 11.4 Å². The summed E-state index contributed by atoms with van der Waals surface area (Å²) in [6, 6.07) is 8.14. The van der Waals surface area contributed by atoms with Crippen LogP contribution in [0, 0.1) is 17.0 Å². The minimum atomic E-state index is -0.420. The Balaban J connectivity index is 1.79. The van der Waals surface area contributed by atoms with Crippen LogP contribution in [0.4, 0.5) is 11.5 Å². The summed E-state index contributed by atoms with van der Waals surface area (Å²) in [5.41, 5.74) is 1.54. The predicted molar refractivity (Wildman–Crippen MR) is 90.9 cm³/mol. The first-order valence-corrected chi connectivity index (χ1v) is 7.91. The smallest absolute Gasteiger partial charge is 0.269 e. The molecule has 1 heterocycles. The van der Waals surface area contributed by atoms with E-state index in [1.807, 2.05) is 13.0 Å². The van der Waals surface area contributed by atoms with Crippen molar-refractivity contribution in [2.75, 3.05) is 19.0 Å². The second-order valence-corrected chi connectivity index (χ2v) is 6.12. The van der Waals surface area contributed by atoms with Gasteiger partial charge in [0.15, 0.2) is 5.82 Å². The van der Waals surface area contributed by atoms with Crippen LogP contribution >= 0.6 is 0 Å². The molecule has 126 valence electrons. The Kier molecular flexibility index (Phi) is 4.44. The molecule has 3 rings (SSSR count). The summed E-state index contributed by atoms with van der Waals surface area (Å²) in [6.45, 7) is 2.61. The van der Waals surface area contributed by atoms with E-state index in [-0.39, 0.29) is 11.3 Å². The molecule has 0 aliphatic heterocycles. The third-order valence-corrected chi connectivity index (χ3v) is 4.48. The van der Waals surface area contributed by atoms with E-state index in [1.165, 1.54) is 18.6 Å². The van der Waals surface area contributed by atoms with Gasteiger partial charge >= 0.3 is 0 Å². The Hall–Kier alpha value is -2.54. The molecule has 1 aromatic heterocycles. The Morgan fingerprint density at radius 2 is 2.00 bits per heavy atom. The number of rotatable bonds is 6. The monoisotopic (exact) mass is 328 g/mol. The number of nitro benzene ring substituents is 1. The van der Waals surface area contributed by atoms with Crippen molar-refractivity contribution >= 4 is 11.5 Å². The number of ether oxygens (including phenoxy) is 1. The molecule has 0 bridgehead atoms. The molecule has 1 aromatic carbocycles. The zero-order chi connectivity index (χ0) is 17.2. The highest BCUT2D eigenvalue weighted by Gasteiger charge is 2.36. The van der Waals surface area contributed by atoms with Crippen molar-refractivity contribution in [3.8, 4) is 11.4 Å². The molecule has 1 fully saturated rings. The minimum absolute atomic E-state index is 0.0526. The number of non-ortho nitro benzene ring substituents is 1. The first kappa shape index (κ1) is 16.3. The number of hydrogen-bond acceptors (Lipinski definition) is 6. The van der Waals surface area contributed by atoms with Gasteiger partial charge < -0.3 is 10.1 Å². The molecule has 0 spiro atoms. The van der Waals surface area contributed by atoms with Crippen LogP contribution in [0.5, 0.6) is 0 Å². The molecule has 7 nitrogen and oxygen atoms in total. The van der Waals surface area contributed by atoms with E-state index in [0.29, 0.717) is 12.4 Å². The van der Waals surface area contributed by atoms with Crippen molar-refractivity contribution in [2.45, 2.75) is 31.8 Å². The van der Waals surface area contributed by atoms with E-state index < -0.39 is 4.92 Å². The fraction of sp³-hybridized carbons (Fsp3) is 0.412. The van der Waals surface area contributed by atoms with E-state index in [9.17, 15) is 10.1 Å². The molecule has 0 radical (unpaired) electrons. The van der Waals surface area contributed by atoms with Crippen LogP contribution in [0.3, 0.4) is 0 Å². The summed E-state index contributed by atoms with van der Waals surface area (Å²) in [4.78, 5) is 19.3. The maximum Gasteiger partial charge on any atom is 0.269 e. The average molecular weight is 328 g/mol. The molecule has 24 heavy (non-hydrogen) atoms. The van der Waals surface area contributed by atoms with Gasteiger partial charge in [-0.3, -0.25) is 10.1 Å². The summed E-state index contributed by atoms with van der Waals surface area (Å²) in [7, 11) is 1.74. The molecule has 1 N–H and O–H groups in total. The van der Waals surface area contributed by atoms with Gasteiger partial charge in [-0.1, -0.05) is 0 Å². The van der Waals surface area contributed by atoms with Gasteiger partial charge in [0.2, 0.25) is 0 Å². The van der Waals surface area contributed by atoms with Gasteiger partial charge in [-0.15, -0.1) is 0 Å². The van der Waals surface area contributed by atoms with Gasteiger partial charge in [0, 0.05) is 43.1 Å². The van der Waals surface area contributed by atoms with Crippen LogP contribution < -0.4 is 5.32 Å². The molecule has 7 heteroatoms. The maximum absolute atomic E-state index is 10.8. The number of anilines is 1. The number of hydrogen-bond donors (Lipinski definition) is 1. The normalized spacial score (nSPS) is 15.6. The second kappa shape index (κ2) is 6.52. The highest BCUT2D eigenvalue weighted by molar-refractivity contribution is 5.59. The first-order valence-electron chi connectivity index (χ1n) is 7.91. The Morgan fingerprint density at radius 3 is 2.54 bits per heavy atom. The van der Waals surface area contributed by atoms with Gasteiger partial charge in [-0.25, -0.2) is 9.97 Å². The Labute approximate surface area is 140 Å². The van der Waals surface area contributed by atoms with E-state index >= 15 is 0 Å². The predicted octanol–water partition coefficient (Wildman–Crippen LogP) is 3.34. The largest absolute Gasteiger partial charge is 0.376 e. The lowest BCUT2D eigenvalue weighted by Crippen LogP contribution is -2.45. The third kappa shape index (κ3) is 3.35. The van der Waals surface area contributed by atoms with Crippen molar-refractivity contribution in [2.24, 2.45) is 0 Å². The van der Waals surface area contributed by atoms with Gasteiger partial charge in [0.1, 0.15) is 5.82 Å². The van der Waals surface area contributed by atoms with Crippen LogP contribution in [0.2, 0.25) is 0 Å². The molecular weight excluding hydrogens is 308 g/mol. The number of nitro groups is 1. The zero-order valence-electron chi connectivity index (χ0n) is 13.8. The number of aromatic nitrogens is 2. The number of nitrogens with one attached hydrogen (secondary N) is 1. The van der Waals surface area contributed by atoms with E-state index in [2.05, 4.69) is 15.3 Å². The SMILES string of the molecule is COC1(CNc2cc(C)nc(-c3ccc([N+](=O)[O-])cc3)n2)CCC1. The lowest BCUT2D eigenvalue weighted by molar-refractivity contribution is -0.384. The number of methoxy groups -OCH3 is 1. The number of aryl methyl sites for hydroxylation is 1. The lowest BCUT2D eigenvalue weighted by Gasteiger charge is -2.40. The summed E-state index contributed by atoms with van der Waals surface area (Å²) < 4.78 is 5.61. The van der Waals surface area contributed by atoms with E-state index in [0.717, 1.165) is 29.9 Å². The molecule has 0 unspecified atom stereocenters. The lowest BCUT2D eigenvalue weighted by atomic mass is 9.80. The van der Waals surface area contributed by atoms with Gasteiger partial charge in [0.05, 0.1) is 10.5 Å². The molecular formula is C17H20N4O3. The number of benzene rings is 1. The molecule has 2 aromatic rings. The van der Waals surface area contributed by atoms with Crippen LogP contribution in [0.1, 0.15) is 25.0 Å². The molecule has 1 saturated carbocycles. The van der Waals surface area contributed by atoms with Gasteiger partial charge in [-0.2, -0.15) is 0 Å². The highest BCUT2D eigenvalue weighted by Crippen LogP contribution is 2.35. The van der Waals surface area contributed by atoms with Gasteiger partial charge in [-0.05, 0) is 38.3 Å². The average Bonchev–Trinajstić information content (AvgIpc) is 2.54. The van der Waals surface area contributed by atoms with E-state index in [4.69, 9.17) is 4.74 Å². The molecule has 1 aliphatic rings. The highest BCUT2D eigenvalue weighted by atomic mass is 16.6. The van der Waals surface area contributed by atoms with Crippen LogP contribution in [-0.4, -0.2) is 34.1 Å². The summed E-state index contributed by atoms with van der Waals surface area (Å²) in [6.07, 6.45) is 3.29. The summed E-state index contributed by atoms with van der Waals surface area (Å²) in [5.74, 6) is 1.28. The topological polar surface area (TPSA) is 90.2 Å². The fourth-order valence-electron chi connectivity index (χ4n) is 2.80. The van der Waals surface area contributed by atoms with Crippen molar-refractivity contribution < 1.29 is 9.66 Å². The molecule has 1 aliphatic carbocycles. The zero-order valence-corrected chi connectivity index (χ0v) is 13.8. The Morgan fingerprint density at radius 1 is 1.29 bits per heavy atom. The minimum Gasteiger partial charge on any atom is -0.376 e. The van der Waals surface area contributed by atoms with E-state index in [1.54, 1.807) is 19.2 Å². The fourth-order valence-corrected chi connectivity index (χ4v) is 2.80. The van der Waals surface area contributed by atoms with Crippen LogP contribution in [0.15, 0.2) is 30.3 Å².